The Balaban J connectivity index is 1.44. The van der Waals surface area contributed by atoms with Crippen molar-refractivity contribution in [3.05, 3.63) is 96.1 Å². The predicted octanol–water partition coefficient (Wildman–Crippen LogP) is 2.99. The van der Waals surface area contributed by atoms with E-state index < -0.39 is 28.7 Å². The van der Waals surface area contributed by atoms with Crippen molar-refractivity contribution < 1.29 is 24.2 Å². The summed E-state index contributed by atoms with van der Waals surface area (Å²) in [5, 5.41) is 10.3. The van der Waals surface area contributed by atoms with Gasteiger partial charge in [0.25, 0.3) is 0 Å². The summed E-state index contributed by atoms with van der Waals surface area (Å²) in [5.41, 5.74) is 1.96. The number of rotatable bonds is 6. The van der Waals surface area contributed by atoms with E-state index in [1.807, 2.05) is 85.0 Å². The molecule has 8 heteroatoms. The first kappa shape index (κ1) is 25.9. The number of cyclic esters (lactones) is 1. The Morgan fingerprint density at radius 1 is 0.974 bits per heavy atom. The zero-order chi connectivity index (χ0) is 27.0. The van der Waals surface area contributed by atoms with Crippen LogP contribution in [0, 0.1) is 11.8 Å². The molecule has 2 aromatic rings. The van der Waals surface area contributed by atoms with E-state index in [0.717, 1.165) is 11.1 Å². The first-order valence-electron chi connectivity index (χ1n) is 13.5. The summed E-state index contributed by atoms with van der Waals surface area (Å²) in [6.45, 7) is 0.792. The normalized spacial score (nSPS) is 30.6. The van der Waals surface area contributed by atoms with Crippen LogP contribution in [0.5, 0.6) is 0 Å². The molecule has 0 saturated carbocycles. The summed E-state index contributed by atoms with van der Waals surface area (Å²) in [7, 11) is 0. The number of amides is 2. The molecule has 2 fully saturated rings. The molecule has 2 aromatic carbocycles. The molecule has 4 heterocycles. The van der Waals surface area contributed by atoms with Gasteiger partial charge in [-0.2, -0.15) is 0 Å². The number of thioether (sulfide) groups is 1. The molecular weight excluding hydrogens is 512 g/mol. The van der Waals surface area contributed by atoms with Gasteiger partial charge in [0.15, 0.2) is 0 Å². The van der Waals surface area contributed by atoms with E-state index in [0.29, 0.717) is 25.9 Å². The summed E-state index contributed by atoms with van der Waals surface area (Å²) < 4.78 is 4.62. The monoisotopic (exact) mass is 544 g/mol. The molecule has 1 spiro atoms. The maximum atomic E-state index is 14.5. The first-order chi connectivity index (χ1) is 19.0. The number of nitrogens with zero attached hydrogens (tertiary/aromatic N) is 2. The van der Waals surface area contributed by atoms with E-state index in [1.54, 1.807) is 9.80 Å². The summed E-state index contributed by atoms with van der Waals surface area (Å²) in [4.78, 5) is 45.6. The number of ether oxygens (including phenoxy) is 1. The minimum atomic E-state index is -0.938. The SMILES string of the molecule is O=C1OCCC=C[C@H]2S[C@]34C=CCN(Cc5ccccc5)C(=O)C3N([C@@H](CO)Cc3ccccc3)C(=O)[C@@H]4[C@@H]12. The van der Waals surface area contributed by atoms with Crippen molar-refractivity contribution in [2.45, 2.75) is 41.5 Å². The molecule has 39 heavy (non-hydrogen) atoms. The van der Waals surface area contributed by atoms with Crippen molar-refractivity contribution in [3.8, 4) is 0 Å². The first-order valence-corrected chi connectivity index (χ1v) is 14.4. The Labute approximate surface area is 232 Å². The average Bonchev–Trinajstić information content (AvgIpc) is 3.34. The lowest BCUT2D eigenvalue weighted by molar-refractivity contribution is -0.153. The predicted molar refractivity (Wildman–Crippen MR) is 148 cm³/mol. The number of hydrogen-bond acceptors (Lipinski definition) is 6. The third-order valence-electron chi connectivity index (χ3n) is 8.28. The van der Waals surface area contributed by atoms with Gasteiger partial charge in [0.2, 0.25) is 11.8 Å². The number of carbonyl (C=O) groups excluding carboxylic acids is 3. The third kappa shape index (κ3) is 4.49. The van der Waals surface area contributed by atoms with E-state index in [4.69, 9.17) is 4.74 Å². The van der Waals surface area contributed by atoms with Crippen LogP contribution in [-0.2, 0) is 32.1 Å². The Morgan fingerprint density at radius 2 is 1.69 bits per heavy atom. The number of aliphatic hydroxyl groups excluding tert-OH is 1. The maximum Gasteiger partial charge on any atom is 0.311 e. The molecule has 1 unspecified atom stereocenters. The Kier molecular flexibility index (Phi) is 7.08. The molecule has 4 aliphatic rings. The number of likely N-dealkylation sites (tertiary alicyclic amines) is 1. The van der Waals surface area contributed by atoms with Gasteiger partial charge in [-0.05, 0) is 24.0 Å². The molecule has 2 saturated heterocycles. The lowest BCUT2D eigenvalue weighted by atomic mass is 9.78. The molecule has 0 aromatic heterocycles. The second kappa shape index (κ2) is 10.7. The van der Waals surface area contributed by atoms with Gasteiger partial charge in [-0.1, -0.05) is 85.0 Å². The van der Waals surface area contributed by atoms with E-state index in [1.165, 1.54) is 11.8 Å². The molecule has 0 aliphatic carbocycles. The largest absolute Gasteiger partial charge is 0.465 e. The van der Waals surface area contributed by atoms with Crippen LogP contribution in [0.1, 0.15) is 17.5 Å². The quantitative estimate of drug-likeness (QED) is 0.445. The molecule has 202 valence electrons. The summed E-state index contributed by atoms with van der Waals surface area (Å²) in [6.07, 6.45) is 9.01. The fourth-order valence-electron chi connectivity index (χ4n) is 6.57. The zero-order valence-electron chi connectivity index (χ0n) is 21.6. The summed E-state index contributed by atoms with van der Waals surface area (Å²) in [6, 6.07) is 18.0. The van der Waals surface area contributed by atoms with Gasteiger partial charge in [-0.25, -0.2) is 0 Å². The third-order valence-corrected chi connectivity index (χ3v) is 10.0. The maximum absolute atomic E-state index is 14.5. The minimum absolute atomic E-state index is 0.162. The fraction of sp³-hybridized carbons (Fsp3) is 0.387. The minimum Gasteiger partial charge on any atom is -0.465 e. The zero-order valence-corrected chi connectivity index (χ0v) is 22.4. The lowest BCUT2D eigenvalue weighted by Crippen LogP contribution is -2.56. The van der Waals surface area contributed by atoms with Crippen LogP contribution in [0.3, 0.4) is 0 Å². The second-order valence-electron chi connectivity index (χ2n) is 10.6. The number of hydrogen-bond donors (Lipinski definition) is 1. The van der Waals surface area contributed by atoms with Crippen LogP contribution in [-0.4, -0.2) is 74.5 Å². The molecule has 6 rings (SSSR count). The van der Waals surface area contributed by atoms with Crippen molar-refractivity contribution in [1.82, 2.24) is 9.80 Å². The van der Waals surface area contributed by atoms with Crippen LogP contribution in [0.4, 0.5) is 0 Å². The van der Waals surface area contributed by atoms with Gasteiger partial charge in [0.05, 0.1) is 35.8 Å². The van der Waals surface area contributed by atoms with Crippen LogP contribution in [0.2, 0.25) is 0 Å². The fourth-order valence-corrected chi connectivity index (χ4v) is 8.56. The number of benzene rings is 2. The Hall–Kier alpha value is -3.36. The Morgan fingerprint density at radius 3 is 2.41 bits per heavy atom. The number of aliphatic hydroxyl groups is 1. The summed E-state index contributed by atoms with van der Waals surface area (Å²) in [5.74, 6) is -2.26. The highest BCUT2D eigenvalue weighted by molar-refractivity contribution is 8.02. The van der Waals surface area contributed by atoms with E-state index in [-0.39, 0.29) is 36.2 Å². The second-order valence-corrected chi connectivity index (χ2v) is 12.1. The number of fused-ring (bicyclic) bond motifs is 2. The van der Waals surface area contributed by atoms with E-state index in [2.05, 4.69) is 0 Å². The van der Waals surface area contributed by atoms with Crippen LogP contribution < -0.4 is 0 Å². The lowest BCUT2D eigenvalue weighted by Gasteiger charge is -2.38. The highest BCUT2D eigenvalue weighted by Crippen LogP contribution is 2.61. The van der Waals surface area contributed by atoms with Crippen molar-refractivity contribution in [1.29, 1.82) is 0 Å². The molecule has 2 amide bonds. The van der Waals surface area contributed by atoms with Crippen molar-refractivity contribution in [2.75, 3.05) is 19.8 Å². The molecule has 7 nitrogen and oxygen atoms in total. The molecule has 4 aliphatic heterocycles. The smallest absolute Gasteiger partial charge is 0.311 e. The van der Waals surface area contributed by atoms with Crippen molar-refractivity contribution >= 4 is 29.5 Å². The average molecular weight is 545 g/mol. The van der Waals surface area contributed by atoms with E-state index in [9.17, 15) is 19.5 Å². The van der Waals surface area contributed by atoms with E-state index >= 15 is 0 Å². The van der Waals surface area contributed by atoms with Gasteiger partial charge in [-0.3, -0.25) is 14.4 Å². The topological polar surface area (TPSA) is 87.2 Å². The van der Waals surface area contributed by atoms with Gasteiger partial charge in [-0.15, -0.1) is 11.8 Å². The molecule has 0 bridgehead atoms. The highest BCUT2D eigenvalue weighted by Gasteiger charge is 2.71. The Bertz CT molecular complexity index is 1300. The van der Waals surface area contributed by atoms with Crippen LogP contribution in [0.25, 0.3) is 0 Å². The van der Waals surface area contributed by atoms with Crippen molar-refractivity contribution in [3.63, 3.8) is 0 Å². The van der Waals surface area contributed by atoms with Gasteiger partial charge >= 0.3 is 5.97 Å². The van der Waals surface area contributed by atoms with Crippen LogP contribution in [0.15, 0.2) is 85.0 Å². The van der Waals surface area contributed by atoms with Crippen molar-refractivity contribution in [2.24, 2.45) is 11.8 Å². The highest BCUT2D eigenvalue weighted by atomic mass is 32.2. The number of esters is 1. The molecule has 0 radical (unpaired) electrons. The molecule has 6 atom stereocenters. The number of carbonyl (C=O) groups is 3. The molecule has 1 N–H and O–H groups in total. The van der Waals surface area contributed by atoms with Gasteiger partial charge in [0.1, 0.15) is 6.04 Å². The van der Waals surface area contributed by atoms with Crippen LogP contribution >= 0.6 is 11.8 Å². The van der Waals surface area contributed by atoms with Gasteiger partial charge in [0, 0.05) is 18.3 Å². The standard InChI is InChI=1S/C31H32N2O5S/c34-20-23(18-21-10-3-1-4-11-21)33-27-29(36)32(19-22-12-5-2-6-13-22)16-9-15-31(27)26(28(33)35)25-24(39-31)14-7-8-17-38-30(25)37/h1-7,9-15,23-27,34H,8,16-20H2/t23-,24-,25+,26+,27?,31+/m1/s1. The molecular formula is C31H32N2O5S. The van der Waals surface area contributed by atoms with Gasteiger partial charge < -0.3 is 19.6 Å². The summed E-state index contributed by atoms with van der Waals surface area (Å²) >= 11 is 1.52.